The van der Waals surface area contributed by atoms with Crippen LogP contribution in [0.2, 0.25) is 0 Å². The van der Waals surface area contributed by atoms with Crippen molar-refractivity contribution in [3.8, 4) is 5.75 Å². The lowest BCUT2D eigenvalue weighted by Crippen LogP contribution is -2.37. The van der Waals surface area contributed by atoms with Crippen LogP contribution in [-0.2, 0) is 4.79 Å². The molecule has 2 aromatic rings. The number of carboxylic acids is 1. The molecule has 0 aliphatic carbocycles. The first-order valence-electron chi connectivity index (χ1n) is 8.08. The van der Waals surface area contributed by atoms with E-state index < -0.39 is 5.97 Å². The largest absolute Gasteiger partial charge is 0.495 e. The van der Waals surface area contributed by atoms with E-state index >= 15 is 0 Å². The fourth-order valence-electron chi connectivity index (χ4n) is 2.95. The summed E-state index contributed by atoms with van der Waals surface area (Å²) < 4.78 is 5.33. The number of nitrogens with two attached hydrogens (primary N) is 1. The summed E-state index contributed by atoms with van der Waals surface area (Å²) in [6.07, 6.45) is 2.61. The van der Waals surface area contributed by atoms with Gasteiger partial charge < -0.3 is 25.8 Å². The van der Waals surface area contributed by atoms with Crippen molar-refractivity contribution in [3.05, 3.63) is 30.6 Å². The number of carbonyl (C=O) groups is 1. The topological polar surface area (TPSA) is 114 Å². The van der Waals surface area contributed by atoms with E-state index in [0.29, 0.717) is 49.0 Å². The Morgan fingerprint density at radius 2 is 2.04 bits per heavy atom. The second-order valence-electron chi connectivity index (χ2n) is 5.88. The second kappa shape index (κ2) is 7.25. The van der Waals surface area contributed by atoms with Crippen molar-refractivity contribution in [3.63, 3.8) is 0 Å². The predicted molar refractivity (Wildman–Crippen MR) is 95.3 cm³/mol. The molecule has 4 N–H and O–H groups in total. The molecule has 8 heteroatoms. The number of methoxy groups -OCH3 is 1. The summed E-state index contributed by atoms with van der Waals surface area (Å²) in [5.74, 6) is 0.759. The molecule has 1 aliphatic heterocycles. The summed E-state index contributed by atoms with van der Waals surface area (Å²) in [5.41, 5.74) is 7.45. The zero-order valence-corrected chi connectivity index (χ0v) is 14.0. The lowest BCUT2D eigenvalue weighted by molar-refractivity contribution is -0.142. The standard InChI is InChI=1S/C17H21N5O3/c1-25-13-5-3-2-4-12(13)21-15-14(18)16(20-10-19-15)22-8-6-11(7-9-22)17(23)24/h2-5,10-11H,6-9,18H2,1H3,(H,23,24)(H,19,20,21). The Bertz CT molecular complexity index is 760. The third-order valence-electron chi connectivity index (χ3n) is 4.37. The van der Waals surface area contributed by atoms with E-state index in [2.05, 4.69) is 15.3 Å². The van der Waals surface area contributed by atoms with Gasteiger partial charge in [0.1, 0.15) is 17.8 Å². The molecule has 132 valence electrons. The number of para-hydroxylation sites is 2. The number of nitrogen functional groups attached to an aromatic ring is 1. The minimum Gasteiger partial charge on any atom is -0.495 e. The van der Waals surface area contributed by atoms with Crippen LogP contribution < -0.4 is 20.7 Å². The molecule has 3 rings (SSSR count). The Morgan fingerprint density at radius 1 is 1.32 bits per heavy atom. The first-order valence-corrected chi connectivity index (χ1v) is 8.08. The maximum atomic E-state index is 11.1. The van der Waals surface area contributed by atoms with E-state index in [0.717, 1.165) is 5.69 Å². The van der Waals surface area contributed by atoms with Crippen LogP contribution in [-0.4, -0.2) is 41.2 Å². The summed E-state index contributed by atoms with van der Waals surface area (Å²) in [5, 5.41) is 12.3. The lowest BCUT2D eigenvalue weighted by atomic mass is 9.97. The number of rotatable bonds is 5. The fraction of sp³-hybridized carbons (Fsp3) is 0.353. The van der Waals surface area contributed by atoms with Crippen LogP contribution in [0.5, 0.6) is 5.75 Å². The van der Waals surface area contributed by atoms with Gasteiger partial charge in [-0.15, -0.1) is 0 Å². The van der Waals surface area contributed by atoms with Gasteiger partial charge in [0.2, 0.25) is 0 Å². The maximum Gasteiger partial charge on any atom is 0.306 e. The van der Waals surface area contributed by atoms with Crippen molar-refractivity contribution in [1.82, 2.24) is 9.97 Å². The van der Waals surface area contributed by atoms with Crippen LogP contribution in [0.4, 0.5) is 23.0 Å². The molecule has 1 aromatic carbocycles. The Balaban J connectivity index is 1.80. The smallest absolute Gasteiger partial charge is 0.306 e. The number of nitrogens with zero attached hydrogens (tertiary/aromatic N) is 3. The van der Waals surface area contributed by atoms with Crippen LogP contribution in [0.25, 0.3) is 0 Å². The fourth-order valence-corrected chi connectivity index (χ4v) is 2.95. The number of aliphatic carboxylic acids is 1. The maximum absolute atomic E-state index is 11.1. The average molecular weight is 343 g/mol. The summed E-state index contributed by atoms with van der Waals surface area (Å²) in [6.45, 7) is 1.21. The minimum atomic E-state index is -0.742. The van der Waals surface area contributed by atoms with E-state index in [1.54, 1.807) is 7.11 Å². The number of benzene rings is 1. The van der Waals surface area contributed by atoms with E-state index in [1.165, 1.54) is 6.33 Å². The Labute approximate surface area is 145 Å². The Hall–Kier alpha value is -3.03. The highest BCUT2D eigenvalue weighted by Crippen LogP contribution is 2.33. The van der Waals surface area contributed by atoms with Gasteiger partial charge in [-0.1, -0.05) is 12.1 Å². The number of hydrogen-bond acceptors (Lipinski definition) is 7. The molecule has 25 heavy (non-hydrogen) atoms. The van der Waals surface area contributed by atoms with Crippen molar-refractivity contribution in [2.75, 3.05) is 36.1 Å². The van der Waals surface area contributed by atoms with Gasteiger partial charge in [0.15, 0.2) is 11.6 Å². The van der Waals surface area contributed by atoms with Gasteiger partial charge in [-0.05, 0) is 25.0 Å². The highest BCUT2D eigenvalue weighted by atomic mass is 16.5. The van der Waals surface area contributed by atoms with Crippen LogP contribution in [0.1, 0.15) is 12.8 Å². The first kappa shape index (κ1) is 16.8. The number of anilines is 4. The molecule has 1 fully saturated rings. The molecule has 0 spiro atoms. The lowest BCUT2D eigenvalue weighted by Gasteiger charge is -2.31. The van der Waals surface area contributed by atoms with Gasteiger partial charge in [0.05, 0.1) is 18.7 Å². The number of piperidine rings is 1. The molecule has 1 aromatic heterocycles. The van der Waals surface area contributed by atoms with Crippen molar-refractivity contribution >= 4 is 29.0 Å². The van der Waals surface area contributed by atoms with Crippen LogP contribution in [0.3, 0.4) is 0 Å². The van der Waals surface area contributed by atoms with E-state index in [1.807, 2.05) is 29.2 Å². The zero-order chi connectivity index (χ0) is 17.8. The third kappa shape index (κ3) is 3.57. The monoisotopic (exact) mass is 343 g/mol. The molecule has 0 atom stereocenters. The van der Waals surface area contributed by atoms with Crippen molar-refractivity contribution < 1.29 is 14.6 Å². The van der Waals surface area contributed by atoms with Gasteiger partial charge in [-0.2, -0.15) is 0 Å². The van der Waals surface area contributed by atoms with Crippen molar-refractivity contribution in [1.29, 1.82) is 0 Å². The average Bonchev–Trinajstić information content (AvgIpc) is 2.64. The highest BCUT2D eigenvalue weighted by Gasteiger charge is 2.26. The number of aromatic nitrogens is 2. The summed E-state index contributed by atoms with van der Waals surface area (Å²) in [7, 11) is 1.60. The second-order valence-corrected chi connectivity index (χ2v) is 5.88. The molecule has 0 bridgehead atoms. The van der Waals surface area contributed by atoms with Gasteiger partial charge in [-0.25, -0.2) is 9.97 Å². The zero-order valence-electron chi connectivity index (χ0n) is 14.0. The summed E-state index contributed by atoms with van der Waals surface area (Å²) in [6, 6.07) is 7.49. The van der Waals surface area contributed by atoms with E-state index in [-0.39, 0.29) is 5.92 Å². The molecule has 0 radical (unpaired) electrons. The van der Waals surface area contributed by atoms with Crippen LogP contribution in [0, 0.1) is 5.92 Å². The third-order valence-corrected chi connectivity index (χ3v) is 4.37. The molecule has 1 aliphatic rings. The number of hydrogen-bond donors (Lipinski definition) is 3. The highest BCUT2D eigenvalue weighted by molar-refractivity contribution is 5.80. The molecule has 8 nitrogen and oxygen atoms in total. The number of ether oxygens (including phenoxy) is 1. The summed E-state index contributed by atoms with van der Waals surface area (Å²) >= 11 is 0. The van der Waals surface area contributed by atoms with E-state index in [9.17, 15) is 4.79 Å². The van der Waals surface area contributed by atoms with Crippen molar-refractivity contribution in [2.45, 2.75) is 12.8 Å². The molecule has 0 amide bonds. The van der Waals surface area contributed by atoms with E-state index in [4.69, 9.17) is 15.6 Å². The summed E-state index contributed by atoms with van der Waals surface area (Å²) in [4.78, 5) is 21.6. The molecular weight excluding hydrogens is 322 g/mol. The first-order chi connectivity index (χ1) is 12.1. The quantitative estimate of drug-likeness (QED) is 0.756. The Kier molecular flexibility index (Phi) is 4.87. The molecule has 1 saturated heterocycles. The van der Waals surface area contributed by atoms with Gasteiger partial charge in [0, 0.05) is 13.1 Å². The normalized spacial score (nSPS) is 15.0. The predicted octanol–water partition coefficient (Wildman–Crippen LogP) is 2.11. The molecule has 2 heterocycles. The van der Waals surface area contributed by atoms with Crippen molar-refractivity contribution in [2.24, 2.45) is 5.92 Å². The minimum absolute atomic E-state index is 0.300. The molecule has 0 unspecified atom stereocenters. The molecule has 0 saturated carbocycles. The van der Waals surface area contributed by atoms with Crippen LogP contribution in [0.15, 0.2) is 30.6 Å². The van der Waals surface area contributed by atoms with Gasteiger partial charge >= 0.3 is 5.97 Å². The Morgan fingerprint density at radius 3 is 2.72 bits per heavy atom. The van der Waals surface area contributed by atoms with Gasteiger partial charge in [-0.3, -0.25) is 4.79 Å². The molecular formula is C17H21N5O3. The van der Waals surface area contributed by atoms with Gasteiger partial charge in [0.25, 0.3) is 0 Å². The number of nitrogens with one attached hydrogen (secondary N) is 1. The SMILES string of the molecule is COc1ccccc1Nc1ncnc(N2CCC(C(=O)O)CC2)c1N. The van der Waals surface area contributed by atoms with Crippen LogP contribution >= 0.6 is 0 Å². The number of carboxylic acid groups (broad SMARTS) is 1.